The van der Waals surface area contributed by atoms with Gasteiger partial charge in [-0.2, -0.15) is 5.26 Å². The summed E-state index contributed by atoms with van der Waals surface area (Å²) in [6, 6.07) is 7.61. The number of benzene rings is 1. The maximum absolute atomic E-state index is 12.1. The van der Waals surface area contributed by atoms with Gasteiger partial charge in [0.25, 0.3) is 0 Å². The van der Waals surface area contributed by atoms with E-state index in [1.807, 2.05) is 26.0 Å². The lowest BCUT2D eigenvalue weighted by Crippen LogP contribution is -2.22. The number of nitriles is 1. The molecular formula is C22H26N4O5. The Labute approximate surface area is 180 Å². The van der Waals surface area contributed by atoms with Crippen molar-refractivity contribution in [1.29, 1.82) is 5.26 Å². The summed E-state index contributed by atoms with van der Waals surface area (Å²) in [6.07, 6.45) is 0.825. The van der Waals surface area contributed by atoms with Gasteiger partial charge >= 0.3 is 5.97 Å². The van der Waals surface area contributed by atoms with Gasteiger partial charge in [0.1, 0.15) is 11.6 Å². The molecule has 0 fully saturated rings. The monoisotopic (exact) mass is 426 g/mol. The molecule has 1 atom stereocenters. The molecule has 0 bridgehead atoms. The van der Waals surface area contributed by atoms with Gasteiger partial charge < -0.3 is 24.7 Å². The lowest BCUT2D eigenvalue weighted by Gasteiger charge is -2.25. The second-order valence-corrected chi connectivity index (χ2v) is 6.82. The number of rotatable bonds is 9. The SMILES string of the molecule is CCCOc1ccc(C2C(C#N)=C(N)Oc3n[nH]c(CC(=O)OCC)c32)cc1OCC. The summed E-state index contributed by atoms with van der Waals surface area (Å²) in [7, 11) is 0. The van der Waals surface area contributed by atoms with Crippen molar-refractivity contribution in [1.82, 2.24) is 10.2 Å². The van der Waals surface area contributed by atoms with Gasteiger partial charge in [-0.05, 0) is 38.0 Å². The second kappa shape index (κ2) is 9.89. The third kappa shape index (κ3) is 4.58. The largest absolute Gasteiger partial charge is 0.490 e. The molecular weight excluding hydrogens is 400 g/mol. The quantitative estimate of drug-likeness (QED) is 0.585. The van der Waals surface area contributed by atoms with Gasteiger partial charge in [-0.25, -0.2) is 0 Å². The molecule has 9 nitrogen and oxygen atoms in total. The Kier molecular flexibility index (Phi) is 7.03. The van der Waals surface area contributed by atoms with Crippen LogP contribution in [0.25, 0.3) is 0 Å². The number of hydrogen-bond acceptors (Lipinski definition) is 8. The molecule has 3 rings (SSSR count). The Hall–Kier alpha value is -3.67. The van der Waals surface area contributed by atoms with Gasteiger partial charge in [0.05, 0.1) is 43.4 Å². The van der Waals surface area contributed by atoms with Crippen molar-refractivity contribution in [3.8, 4) is 23.4 Å². The van der Waals surface area contributed by atoms with Gasteiger partial charge in [-0.1, -0.05) is 13.0 Å². The molecule has 1 aromatic heterocycles. The number of aromatic amines is 1. The maximum Gasteiger partial charge on any atom is 0.311 e. The summed E-state index contributed by atoms with van der Waals surface area (Å²) in [5, 5.41) is 16.8. The highest BCUT2D eigenvalue weighted by Crippen LogP contribution is 2.44. The number of allylic oxidation sites excluding steroid dienone is 1. The van der Waals surface area contributed by atoms with Gasteiger partial charge in [-0.15, -0.1) is 5.10 Å². The Morgan fingerprint density at radius 2 is 2.06 bits per heavy atom. The Bertz CT molecular complexity index is 1020. The number of nitrogens with one attached hydrogen (secondary N) is 1. The molecule has 164 valence electrons. The number of nitrogens with two attached hydrogens (primary N) is 1. The zero-order chi connectivity index (χ0) is 22.4. The molecule has 0 aliphatic carbocycles. The van der Waals surface area contributed by atoms with Crippen LogP contribution in [-0.4, -0.2) is 36.0 Å². The minimum absolute atomic E-state index is 0.0292. The lowest BCUT2D eigenvalue weighted by molar-refractivity contribution is -0.142. The first kappa shape index (κ1) is 22.0. The summed E-state index contributed by atoms with van der Waals surface area (Å²) in [4.78, 5) is 12.1. The fourth-order valence-corrected chi connectivity index (χ4v) is 3.44. The summed E-state index contributed by atoms with van der Waals surface area (Å²) in [5.74, 6) is 0.383. The van der Waals surface area contributed by atoms with E-state index in [-0.39, 0.29) is 30.4 Å². The Morgan fingerprint density at radius 1 is 1.26 bits per heavy atom. The molecule has 0 radical (unpaired) electrons. The number of carbonyl (C=O) groups excluding carboxylic acids is 1. The topological polar surface area (TPSA) is 132 Å². The Morgan fingerprint density at radius 3 is 2.74 bits per heavy atom. The minimum Gasteiger partial charge on any atom is -0.490 e. The normalized spacial score (nSPS) is 15.0. The van der Waals surface area contributed by atoms with Crippen LogP contribution >= 0.6 is 0 Å². The van der Waals surface area contributed by atoms with Gasteiger partial charge in [-0.3, -0.25) is 9.89 Å². The average molecular weight is 426 g/mol. The minimum atomic E-state index is -0.587. The molecule has 1 aromatic carbocycles. The number of esters is 1. The smallest absolute Gasteiger partial charge is 0.311 e. The fourth-order valence-electron chi connectivity index (χ4n) is 3.44. The summed E-state index contributed by atoms with van der Waals surface area (Å²) in [5.41, 5.74) is 8.06. The standard InChI is InChI=1S/C22H26N4O5/c1-4-9-30-16-8-7-13(10-17(16)28-5-2)19-14(12-23)21(24)31-22-20(19)15(25-26-22)11-18(27)29-6-3/h7-8,10,19H,4-6,9,11,24H2,1-3H3,(H,25,26). The zero-order valence-corrected chi connectivity index (χ0v) is 17.9. The summed E-state index contributed by atoms with van der Waals surface area (Å²) < 4.78 is 22.2. The van der Waals surface area contributed by atoms with E-state index in [1.54, 1.807) is 13.0 Å². The lowest BCUT2D eigenvalue weighted by atomic mass is 9.83. The van der Waals surface area contributed by atoms with E-state index in [1.165, 1.54) is 0 Å². The summed E-state index contributed by atoms with van der Waals surface area (Å²) in [6.45, 7) is 6.92. The van der Waals surface area contributed by atoms with Crippen LogP contribution in [0.3, 0.4) is 0 Å². The molecule has 1 aliphatic rings. The molecule has 0 saturated heterocycles. The van der Waals surface area contributed by atoms with E-state index >= 15 is 0 Å². The van der Waals surface area contributed by atoms with Crippen molar-refractivity contribution < 1.29 is 23.7 Å². The van der Waals surface area contributed by atoms with Crippen molar-refractivity contribution >= 4 is 5.97 Å². The van der Waals surface area contributed by atoms with Crippen molar-refractivity contribution in [3.05, 3.63) is 46.5 Å². The fraction of sp³-hybridized carbons (Fsp3) is 0.409. The number of H-pyrrole nitrogens is 1. The second-order valence-electron chi connectivity index (χ2n) is 6.82. The number of fused-ring (bicyclic) bond motifs is 1. The van der Waals surface area contributed by atoms with Gasteiger partial charge in [0.15, 0.2) is 11.5 Å². The molecule has 0 amide bonds. The van der Waals surface area contributed by atoms with E-state index in [0.717, 1.165) is 12.0 Å². The zero-order valence-electron chi connectivity index (χ0n) is 17.9. The molecule has 9 heteroatoms. The van der Waals surface area contributed by atoms with E-state index < -0.39 is 11.9 Å². The van der Waals surface area contributed by atoms with Gasteiger partial charge in [0, 0.05) is 0 Å². The van der Waals surface area contributed by atoms with E-state index in [0.29, 0.717) is 36.0 Å². The molecule has 2 aromatic rings. The molecule has 0 saturated carbocycles. The third-order valence-electron chi connectivity index (χ3n) is 4.71. The highest BCUT2D eigenvalue weighted by molar-refractivity contribution is 5.73. The first-order chi connectivity index (χ1) is 15.0. The van der Waals surface area contributed by atoms with Crippen molar-refractivity contribution in [2.24, 2.45) is 5.73 Å². The summed E-state index contributed by atoms with van der Waals surface area (Å²) >= 11 is 0. The van der Waals surface area contributed by atoms with Crippen LogP contribution in [0.2, 0.25) is 0 Å². The van der Waals surface area contributed by atoms with Crippen LogP contribution < -0.4 is 19.9 Å². The van der Waals surface area contributed by atoms with Crippen LogP contribution in [-0.2, 0) is 16.0 Å². The Balaban J connectivity index is 2.09. The van der Waals surface area contributed by atoms with Crippen LogP contribution in [0, 0.1) is 11.3 Å². The number of aromatic nitrogens is 2. The van der Waals surface area contributed by atoms with E-state index in [4.69, 9.17) is 24.7 Å². The first-order valence-corrected chi connectivity index (χ1v) is 10.2. The number of carbonyl (C=O) groups is 1. The van der Waals surface area contributed by atoms with Crippen LogP contribution in [0.5, 0.6) is 17.4 Å². The molecule has 31 heavy (non-hydrogen) atoms. The molecule has 1 unspecified atom stereocenters. The molecule has 1 aliphatic heterocycles. The van der Waals surface area contributed by atoms with E-state index in [9.17, 15) is 10.1 Å². The first-order valence-electron chi connectivity index (χ1n) is 10.2. The number of nitrogens with zero attached hydrogens (tertiary/aromatic N) is 2. The predicted molar refractivity (Wildman–Crippen MR) is 112 cm³/mol. The van der Waals surface area contributed by atoms with Crippen molar-refractivity contribution in [2.75, 3.05) is 19.8 Å². The van der Waals surface area contributed by atoms with E-state index in [2.05, 4.69) is 16.3 Å². The maximum atomic E-state index is 12.1. The number of ether oxygens (including phenoxy) is 4. The van der Waals surface area contributed by atoms with Crippen LogP contribution in [0.15, 0.2) is 29.7 Å². The highest BCUT2D eigenvalue weighted by Gasteiger charge is 2.36. The third-order valence-corrected chi connectivity index (χ3v) is 4.71. The highest BCUT2D eigenvalue weighted by atomic mass is 16.5. The molecule has 2 heterocycles. The molecule has 3 N–H and O–H groups in total. The van der Waals surface area contributed by atoms with Gasteiger partial charge in [0.2, 0.25) is 11.8 Å². The van der Waals surface area contributed by atoms with Crippen LogP contribution in [0.4, 0.5) is 0 Å². The van der Waals surface area contributed by atoms with Crippen molar-refractivity contribution in [3.63, 3.8) is 0 Å². The van der Waals surface area contributed by atoms with Crippen molar-refractivity contribution in [2.45, 2.75) is 39.5 Å². The van der Waals surface area contributed by atoms with Crippen LogP contribution in [0.1, 0.15) is 49.9 Å². The predicted octanol–water partition coefficient (Wildman–Crippen LogP) is 2.92. The number of hydrogen-bond donors (Lipinski definition) is 2. The average Bonchev–Trinajstić information content (AvgIpc) is 3.14. The molecule has 0 spiro atoms.